The van der Waals surface area contributed by atoms with E-state index in [0.29, 0.717) is 16.8 Å². The maximum atomic E-state index is 10.6. The number of fused-ring (bicyclic) bond motifs is 1. The number of hydrogen-bond donors (Lipinski definition) is 2. The van der Waals surface area contributed by atoms with E-state index in [9.17, 15) is 4.79 Å². The molecule has 0 aliphatic heterocycles. The van der Waals surface area contributed by atoms with Gasteiger partial charge in [-0.15, -0.1) is 12.1 Å². The Morgan fingerprint density at radius 2 is 2.33 bits per heavy atom. The second kappa shape index (κ2) is 3.41. The van der Waals surface area contributed by atoms with Gasteiger partial charge < -0.3 is 15.1 Å². The Kier molecular flexibility index (Phi) is 2.70. The van der Waals surface area contributed by atoms with Crippen LogP contribution in [0, 0.1) is 6.07 Å². The topological polar surface area (TPSA) is 72.0 Å². The van der Waals surface area contributed by atoms with Gasteiger partial charge in [0.15, 0.2) is 0 Å². The van der Waals surface area contributed by atoms with Crippen molar-refractivity contribution in [3.05, 3.63) is 28.7 Å². The summed E-state index contributed by atoms with van der Waals surface area (Å²) in [5.74, 6) is -0.473. The van der Waals surface area contributed by atoms with Gasteiger partial charge in [0, 0.05) is 32.7 Å². The van der Waals surface area contributed by atoms with Crippen LogP contribution >= 0.6 is 0 Å². The summed E-state index contributed by atoms with van der Waals surface area (Å²) < 4.78 is 4.74. The van der Waals surface area contributed by atoms with Crippen LogP contribution in [-0.2, 0) is 32.7 Å². The van der Waals surface area contributed by atoms with E-state index in [0.717, 1.165) is 0 Å². The van der Waals surface area contributed by atoms with Gasteiger partial charge in [-0.25, -0.2) is 4.79 Å². The molecule has 12 heavy (non-hydrogen) atoms. The molecule has 5 heteroatoms. The van der Waals surface area contributed by atoms with Crippen molar-refractivity contribution in [2.45, 2.75) is 0 Å². The van der Waals surface area contributed by atoms with E-state index in [4.69, 9.17) is 10.2 Å². The smallest absolute Gasteiger partial charge is 0.404 e. The molecular formula is C7H5N2O2Y-. The summed E-state index contributed by atoms with van der Waals surface area (Å²) in [6.07, 6.45) is 0. The average molecular weight is 238 g/mol. The van der Waals surface area contributed by atoms with Crippen LogP contribution in [0.2, 0.25) is 0 Å². The predicted molar refractivity (Wildman–Crippen MR) is 40.1 cm³/mol. The molecule has 1 aromatic heterocycles. The van der Waals surface area contributed by atoms with Gasteiger partial charge in [0.05, 0.1) is 5.58 Å². The average Bonchev–Trinajstić information content (AvgIpc) is 2.27. The van der Waals surface area contributed by atoms with Gasteiger partial charge in [-0.3, -0.25) is 0 Å². The first kappa shape index (κ1) is 9.48. The third-order valence-corrected chi connectivity index (χ3v) is 1.37. The number of aromatic nitrogens is 1. The fraction of sp³-hybridized carbons (Fsp3) is 0. The van der Waals surface area contributed by atoms with Crippen LogP contribution in [0.4, 0.5) is 5.69 Å². The summed E-state index contributed by atoms with van der Waals surface area (Å²) >= 11 is 0. The number of rotatable bonds is 0. The van der Waals surface area contributed by atoms with Gasteiger partial charge in [0.2, 0.25) is 0 Å². The van der Waals surface area contributed by atoms with Crippen molar-refractivity contribution >= 4 is 16.8 Å². The third-order valence-electron chi connectivity index (χ3n) is 1.37. The number of H-pyrrole nitrogens is 1. The molecule has 0 atom stereocenters. The van der Waals surface area contributed by atoms with Crippen molar-refractivity contribution in [3.63, 3.8) is 0 Å². The number of nitrogen functional groups attached to an aromatic ring is 1. The summed E-state index contributed by atoms with van der Waals surface area (Å²) in [6.45, 7) is 0. The minimum Gasteiger partial charge on any atom is -0.435 e. The van der Waals surface area contributed by atoms with Crippen LogP contribution in [0.25, 0.3) is 11.1 Å². The minimum absolute atomic E-state index is 0. The summed E-state index contributed by atoms with van der Waals surface area (Å²) in [5, 5.41) is 0. The van der Waals surface area contributed by atoms with Crippen molar-refractivity contribution < 1.29 is 37.1 Å². The van der Waals surface area contributed by atoms with E-state index in [2.05, 4.69) is 11.1 Å². The molecule has 4 nitrogen and oxygen atoms in total. The van der Waals surface area contributed by atoms with E-state index in [1.165, 1.54) is 0 Å². The molecule has 0 aliphatic rings. The van der Waals surface area contributed by atoms with Gasteiger partial charge in [-0.2, -0.15) is 6.07 Å². The molecule has 0 fully saturated rings. The quantitative estimate of drug-likeness (QED) is 0.518. The van der Waals surface area contributed by atoms with E-state index in [1.54, 1.807) is 12.1 Å². The second-order valence-electron chi connectivity index (χ2n) is 2.18. The molecule has 1 heterocycles. The maximum absolute atomic E-state index is 10.6. The zero-order valence-electron chi connectivity index (χ0n) is 6.13. The predicted octanol–water partition coefficient (Wildman–Crippen LogP) is 0.501. The zero-order valence-corrected chi connectivity index (χ0v) is 8.96. The van der Waals surface area contributed by atoms with Gasteiger partial charge in [0.25, 0.3) is 0 Å². The largest absolute Gasteiger partial charge is 0.435 e. The maximum Gasteiger partial charge on any atom is 0.404 e. The third kappa shape index (κ3) is 1.59. The molecule has 0 spiro atoms. The van der Waals surface area contributed by atoms with Crippen LogP contribution in [0.15, 0.2) is 21.3 Å². The van der Waals surface area contributed by atoms with E-state index in [1.807, 2.05) is 0 Å². The Morgan fingerprint density at radius 1 is 1.58 bits per heavy atom. The molecule has 59 valence electrons. The van der Waals surface area contributed by atoms with Crippen molar-refractivity contribution in [2.24, 2.45) is 0 Å². The van der Waals surface area contributed by atoms with E-state index in [-0.39, 0.29) is 32.7 Å². The van der Waals surface area contributed by atoms with Gasteiger partial charge >= 0.3 is 5.76 Å². The van der Waals surface area contributed by atoms with Gasteiger partial charge in [-0.05, 0) is 5.52 Å². The number of aromatic amines is 1. The molecule has 0 unspecified atom stereocenters. The summed E-state index contributed by atoms with van der Waals surface area (Å²) in [4.78, 5) is 13.1. The standard InChI is InChI=1S/C7H5N2O2.Y/c8-4-1-2-5-6(3-4)11-7(10)9-5;/h2-3H,8H2,(H,9,10);/q-1;. The fourth-order valence-corrected chi connectivity index (χ4v) is 0.905. The Bertz CT molecular complexity index is 446. The summed E-state index contributed by atoms with van der Waals surface area (Å²) in [7, 11) is 0. The van der Waals surface area contributed by atoms with Gasteiger partial charge in [-0.1, -0.05) is 5.69 Å². The molecule has 0 amide bonds. The van der Waals surface area contributed by atoms with Crippen LogP contribution in [0.5, 0.6) is 0 Å². The number of oxazole rings is 1. The first-order valence-electron chi connectivity index (χ1n) is 3.06. The molecule has 0 bridgehead atoms. The van der Waals surface area contributed by atoms with Crippen molar-refractivity contribution in [2.75, 3.05) is 5.73 Å². The fourth-order valence-electron chi connectivity index (χ4n) is 0.905. The first-order valence-corrected chi connectivity index (χ1v) is 3.06. The van der Waals surface area contributed by atoms with Crippen molar-refractivity contribution in [1.82, 2.24) is 4.98 Å². The Morgan fingerprint density at radius 3 is 3.08 bits per heavy atom. The van der Waals surface area contributed by atoms with Crippen LogP contribution in [0.1, 0.15) is 0 Å². The SMILES string of the molecule is Nc1[c-]cc2[nH]c(=O)oc2c1.[Y]. The number of nitrogens with one attached hydrogen (secondary N) is 1. The normalized spacial score (nSPS) is 9.67. The Labute approximate surface area is 93.0 Å². The van der Waals surface area contributed by atoms with E-state index >= 15 is 0 Å². The van der Waals surface area contributed by atoms with Crippen LogP contribution < -0.4 is 11.5 Å². The van der Waals surface area contributed by atoms with Crippen molar-refractivity contribution in [1.29, 1.82) is 0 Å². The number of anilines is 1. The number of hydrogen-bond acceptors (Lipinski definition) is 3. The van der Waals surface area contributed by atoms with Crippen molar-refractivity contribution in [3.8, 4) is 0 Å². The minimum atomic E-state index is -0.473. The second-order valence-corrected chi connectivity index (χ2v) is 2.18. The zero-order chi connectivity index (χ0) is 7.84. The van der Waals surface area contributed by atoms with E-state index < -0.39 is 5.76 Å². The molecule has 1 radical (unpaired) electrons. The molecule has 3 N–H and O–H groups in total. The Balaban J connectivity index is 0.000000720. The molecule has 0 saturated carbocycles. The molecule has 0 aliphatic carbocycles. The molecule has 2 rings (SSSR count). The molecule has 0 saturated heterocycles. The first-order chi connectivity index (χ1) is 5.25. The summed E-state index contributed by atoms with van der Waals surface area (Å²) in [5.41, 5.74) is 6.94. The van der Waals surface area contributed by atoms with Gasteiger partial charge in [0.1, 0.15) is 0 Å². The molecular weight excluding hydrogens is 233 g/mol. The molecule has 2 aromatic rings. The van der Waals surface area contributed by atoms with Crippen LogP contribution in [0.3, 0.4) is 0 Å². The van der Waals surface area contributed by atoms with Crippen LogP contribution in [-0.4, -0.2) is 4.98 Å². The molecule has 1 aromatic carbocycles. The monoisotopic (exact) mass is 238 g/mol. The number of benzene rings is 1. The number of nitrogens with two attached hydrogens (primary N) is 1. The Hall–Kier alpha value is -0.606. The summed E-state index contributed by atoms with van der Waals surface area (Å²) in [6, 6.07) is 5.86.